The molecule has 1 unspecified atom stereocenters. The molecule has 7 nitrogen and oxygen atoms in total. The Morgan fingerprint density at radius 1 is 1.34 bits per heavy atom. The molecule has 1 saturated heterocycles. The summed E-state index contributed by atoms with van der Waals surface area (Å²) in [7, 11) is 0. The topological polar surface area (TPSA) is 94.8 Å². The highest BCUT2D eigenvalue weighted by molar-refractivity contribution is 5.98. The van der Waals surface area contributed by atoms with Crippen LogP contribution in [0.4, 0.5) is 10.1 Å². The van der Waals surface area contributed by atoms with Crippen molar-refractivity contribution in [1.29, 1.82) is 0 Å². The molecule has 2 aliphatic rings. The van der Waals surface area contributed by atoms with Crippen LogP contribution in [-0.4, -0.2) is 46.9 Å². The van der Waals surface area contributed by atoms with E-state index in [1.165, 1.54) is 13.1 Å². The van der Waals surface area contributed by atoms with Crippen LogP contribution < -0.4 is 15.6 Å². The normalized spacial score (nSPS) is 19.3. The summed E-state index contributed by atoms with van der Waals surface area (Å²) in [6.45, 7) is 6.45. The highest BCUT2D eigenvalue weighted by Crippen LogP contribution is 2.45. The van der Waals surface area contributed by atoms with Crippen molar-refractivity contribution in [3.8, 4) is 5.75 Å². The number of aromatic carboxylic acids is 1. The predicted octanol–water partition coefficient (Wildman–Crippen LogP) is 2.62. The number of phenols is 1. The van der Waals surface area contributed by atoms with E-state index >= 15 is 4.39 Å². The zero-order valence-corrected chi connectivity index (χ0v) is 16.7. The number of fused-ring (bicyclic) bond motifs is 1. The minimum absolute atomic E-state index is 0.0138. The van der Waals surface area contributed by atoms with Crippen LogP contribution in [0.2, 0.25) is 0 Å². The van der Waals surface area contributed by atoms with E-state index in [-0.39, 0.29) is 33.9 Å². The Hall–Kier alpha value is -2.61. The number of rotatable bonds is 6. The van der Waals surface area contributed by atoms with E-state index in [4.69, 9.17) is 0 Å². The molecule has 1 aliphatic heterocycles. The number of halogens is 1. The van der Waals surface area contributed by atoms with Crippen LogP contribution in [0.5, 0.6) is 5.75 Å². The molecule has 1 aromatic carbocycles. The summed E-state index contributed by atoms with van der Waals surface area (Å²) in [6.07, 6.45) is 3.84. The largest absolute Gasteiger partial charge is 0.504 e. The van der Waals surface area contributed by atoms with Crippen molar-refractivity contribution in [2.75, 3.05) is 31.1 Å². The van der Waals surface area contributed by atoms with Gasteiger partial charge in [-0.05, 0) is 45.2 Å². The molecule has 2 heterocycles. The van der Waals surface area contributed by atoms with E-state index in [9.17, 15) is 19.8 Å². The number of aryl methyl sites for hydroxylation is 1. The van der Waals surface area contributed by atoms with Crippen LogP contribution in [0, 0.1) is 18.7 Å². The summed E-state index contributed by atoms with van der Waals surface area (Å²) in [5.41, 5.74) is -0.706. The molecule has 156 valence electrons. The van der Waals surface area contributed by atoms with Crippen molar-refractivity contribution < 1.29 is 19.4 Å². The summed E-state index contributed by atoms with van der Waals surface area (Å²) < 4.78 is 17.0. The fourth-order valence-electron chi connectivity index (χ4n) is 4.36. The molecular weight excluding hydrogens is 377 g/mol. The highest BCUT2D eigenvalue weighted by atomic mass is 19.1. The van der Waals surface area contributed by atoms with Gasteiger partial charge in [0, 0.05) is 30.9 Å². The molecule has 1 saturated carbocycles. The molecule has 3 N–H and O–H groups in total. The molecule has 2 fully saturated rings. The van der Waals surface area contributed by atoms with Gasteiger partial charge in [-0.2, -0.15) is 0 Å². The highest BCUT2D eigenvalue weighted by Gasteiger charge is 2.34. The molecule has 4 rings (SSSR count). The minimum atomic E-state index is -1.35. The number of aromatic hydroxyl groups is 1. The molecule has 1 aromatic heterocycles. The number of nitrogens with one attached hydrogen (secondary N) is 1. The molecule has 0 bridgehead atoms. The van der Waals surface area contributed by atoms with Gasteiger partial charge in [0.25, 0.3) is 0 Å². The van der Waals surface area contributed by atoms with Crippen LogP contribution in [0.1, 0.15) is 48.1 Å². The van der Waals surface area contributed by atoms with Gasteiger partial charge in [0.2, 0.25) is 5.43 Å². The van der Waals surface area contributed by atoms with E-state index in [1.54, 1.807) is 4.57 Å². The van der Waals surface area contributed by atoms with Crippen LogP contribution in [0.15, 0.2) is 11.0 Å². The Morgan fingerprint density at radius 3 is 2.69 bits per heavy atom. The smallest absolute Gasteiger partial charge is 0.341 e. The molecule has 29 heavy (non-hydrogen) atoms. The number of phenolic OH excluding ortho intramolecular Hbond substituents is 1. The fraction of sp³-hybridized carbons (Fsp3) is 0.524. The Bertz CT molecular complexity index is 1040. The Morgan fingerprint density at radius 2 is 2.07 bits per heavy atom. The second kappa shape index (κ2) is 7.33. The molecule has 0 spiro atoms. The first kappa shape index (κ1) is 19.7. The average molecular weight is 403 g/mol. The number of carboxylic acids is 1. The van der Waals surface area contributed by atoms with Crippen molar-refractivity contribution >= 4 is 22.6 Å². The summed E-state index contributed by atoms with van der Waals surface area (Å²) in [5, 5.41) is 23.8. The van der Waals surface area contributed by atoms with Crippen molar-refractivity contribution in [2.45, 2.75) is 39.2 Å². The Kier molecular flexibility index (Phi) is 4.98. The fourth-order valence-corrected chi connectivity index (χ4v) is 4.36. The van der Waals surface area contributed by atoms with Crippen LogP contribution >= 0.6 is 0 Å². The van der Waals surface area contributed by atoms with Gasteiger partial charge in [-0.1, -0.05) is 6.92 Å². The van der Waals surface area contributed by atoms with Crippen LogP contribution in [-0.2, 0) is 0 Å². The van der Waals surface area contributed by atoms with Crippen molar-refractivity contribution in [3.63, 3.8) is 0 Å². The molecule has 8 heteroatoms. The van der Waals surface area contributed by atoms with E-state index in [1.807, 2.05) is 11.8 Å². The van der Waals surface area contributed by atoms with Gasteiger partial charge in [0.15, 0.2) is 11.6 Å². The van der Waals surface area contributed by atoms with Crippen LogP contribution in [0.3, 0.4) is 0 Å². The number of pyridine rings is 1. The number of carbonyl (C=O) groups is 1. The number of aromatic nitrogens is 1. The first-order valence-electron chi connectivity index (χ1n) is 10.1. The Balaban J connectivity index is 1.90. The lowest BCUT2D eigenvalue weighted by atomic mass is 10.0. The Labute approximate surface area is 167 Å². The zero-order valence-electron chi connectivity index (χ0n) is 16.7. The maximum atomic E-state index is 15.4. The van der Waals surface area contributed by atoms with Gasteiger partial charge >= 0.3 is 5.97 Å². The third-order valence-electron chi connectivity index (χ3n) is 6.05. The molecule has 1 atom stereocenters. The lowest BCUT2D eigenvalue weighted by Crippen LogP contribution is -2.27. The number of hydrogen-bond acceptors (Lipinski definition) is 5. The zero-order chi connectivity index (χ0) is 20.9. The third-order valence-corrected chi connectivity index (χ3v) is 6.05. The summed E-state index contributed by atoms with van der Waals surface area (Å²) >= 11 is 0. The summed E-state index contributed by atoms with van der Waals surface area (Å²) in [5.74, 6) is -1.92. The number of benzene rings is 1. The maximum Gasteiger partial charge on any atom is 0.341 e. The monoisotopic (exact) mass is 403 g/mol. The van der Waals surface area contributed by atoms with Gasteiger partial charge in [0.05, 0.1) is 10.9 Å². The standard InChI is InChI=1S/C21H26FN3O4/c1-3-23-8-12-6-7-24(9-12)18-16(22)11(2)15-17(20(18)27)25(13-4-5-13)10-14(19(15)26)21(28)29/h10,12-13,23,27H,3-9H2,1-2H3,(H,28,29). The van der Waals surface area contributed by atoms with Gasteiger partial charge < -0.3 is 25.0 Å². The van der Waals surface area contributed by atoms with Crippen molar-refractivity contribution in [1.82, 2.24) is 9.88 Å². The second-order valence-electron chi connectivity index (χ2n) is 8.08. The van der Waals surface area contributed by atoms with Gasteiger partial charge in [-0.25, -0.2) is 9.18 Å². The van der Waals surface area contributed by atoms with Gasteiger partial charge in [0.1, 0.15) is 11.3 Å². The van der Waals surface area contributed by atoms with E-state index in [0.29, 0.717) is 19.0 Å². The average Bonchev–Trinajstić information content (AvgIpc) is 3.43. The number of hydrogen-bond donors (Lipinski definition) is 3. The quantitative estimate of drug-likeness (QED) is 0.686. The second-order valence-corrected chi connectivity index (χ2v) is 8.08. The van der Waals surface area contributed by atoms with E-state index < -0.39 is 22.8 Å². The van der Waals surface area contributed by atoms with E-state index in [2.05, 4.69) is 5.32 Å². The summed E-state index contributed by atoms with van der Waals surface area (Å²) in [6, 6.07) is 0.0138. The number of anilines is 1. The van der Waals surface area contributed by atoms with Gasteiger partial charge in [-0.3, -0.25) is 4.79 Å². The third kappa shape index (κ3) is 3.25. The maximum absolute atomic E-state index is 15.4. The molecule has 0 amide bonds. The lowest BCUT2D eigenvalue weighted by molar-refractivity contribution is 0.0694. The SMILES string of the molecule is CCNCC1CCN(c2c(F)c(C)c3c(=O)c(C(=O)O)cn(C4CC4)c3c2O)C1. The number of nitrogens with zero attached hydrogens (tertiary/aromatic N) is 2. The molecular formula is C21H26FN3O4. The number of carboxylic acid groups (broad SMARTS) is 1. The van der Waals surface area contributed by atoms with Gasteiger partial charge in [-0.15, -0.1) is 0 Å². The van der Waals surface area contributed by atoms with E-state index in [0.717, 1.165) is 32.4 Å². The first-order chi connectivity index (χ1) is 13.8. The van der Waals surface area contributed by atoms with Crippen molar-refractivity contribution in [3.05, 3.63) is 33.4 Å². The molecule has 0 radical (unpaired) electrons. The first-order valence-corrected chi connectivity index (χ1v) is 10.1. The summed E-state index contributed by atoms with van der Waals surface area (Å²) in [4.78, 5) is 26.2. The van der Waals surface area contributed by atoms with Crippen molar-refractivity contribution in [2.24, 2.45) is 5.92 Å². The minimum Gasteiger partial charge on any atom is -0.504 e. The lowest BCUT2D eigenvalue weighted by Gasteiger charge is -2.24. The predicted molar refractivity (Wildman–Crippen MR) is 109 cm³/mol. The molecule has 1 aliphatic carbocycles. The van der Waals surface area contributed by atoms with Crippen LogP contribution in [0.25, 0.3) is 10.9 Å². The molecule has 2 aromatic rings.